The molecule has 1 heterocycles. The quantitative estimate of drug-likeness (QED) is 0.875. The van der Waals surface area contributed by atoms with Gasteiger partial charge < -0.3 is 15.7 Å². The molecule has 1 aliphatic rings. The zero-order chi connectivity index (χ0) is 14.9. The molecule has 5 heteroatoms. The third kappa shape index (κ3) is 2.54. The standard InChI is InChI=1S/C15H20N2O3/c1-3-9(2)13(16)14(18)17-7-6-10-4-5-11(15(19)20)8-12(10)17/h4-5,8-9,13H,3,6-7,16H2,1-2H3,(H,19,20)/t9-,13-/m0/s1. The molecule has 20 heavy (non-hydrogen) atoms. The molecule has 0 aromatic heterocycles. The molecule has 0 bridgehead atoms. The Labute approximate surface area is 118 Å². The van der Waals surface area contributed by atoms with Gasteiger partial charge in [0.15, 0.2) is 0 Å². The van der Waals surface area contributed by atoms with E-state index in [-0.39, 0.29) is 17.4 Å². The van der Waals surface area contributed by atoms with Crippen LogP contribution in [0.1, 0.15) is 36.2 Å². The van der Waals surface area contributed by atoms with Gasteiger partial charge in [-0.2, -0.15) is 0 Å². The van der Waals surface area contributed by atoms with Crippen LogP contribution in [-0.2, 0) is 11.2 Å². The lowest BCUT2D eigenvalue weighted by atomic mass is 9.99. The summed E-state index contributed by atoms with van der Waals surface area (Å²) in [6, 6.07) is 4.37. The van der Waals surface area contributed by atoms with E-state index in [1.807, 2.05) is 13.8 Å². The number of nitrogens with zero attached hydrogens (tertiary/aromatic N) is 1. The number of benzene rings is 1. The van der Waals surface area contributed by atoms with Crippen LogP contribution >= 0.6 is 0 Å². The first kappa shape index (κ1) is 14.5. The zero-order valence-electron chi connectivity index (χ0n) is 11.8. The van der Waals surface area contributed by atoms with E-state index in [1.54, 1.807) is 23.1 Å². The molecule has 0 spiro atoms. The van der Waals surface area contributed by atoms with E-state index in [4.69, 9.17) is 10.8 Å². The normalized spacial score (nSPS) is 16.6. The predicted octanol–water partition coefficient (Wildman–Crippen LogP) is 1.65. The number of fused-ring (bicyclic) bond motifs is 1. The van der Waals surface area contributed by atoms with Gasteiger partial charge in [-0.3, -0.25) is 4.79 Å². The zero-order valence-corrected chi connectivity index (χ0v) is 11.8. The first-order valence-corrected chi connectivity index (χ1v) is 6.88. The number of amides is 1. The van der Waals surface area contributed by atoms with Crippen molar-refractivity contribution in [2.45, 2.75) is 32.7 Å². The van der Waals surface area contributed by atoms with E-state index in [0.717, 1.165) is 18.4 Å². The SMILES string of the molecule is CC[C@H](C)[C@H](N)C(=O)N1CCc2ccc(C(=O)O)cc21. The number of carbonyl (C=O) groups is 2. The van der Waals surface area contributed by atoms with Crippen LogP contribution in [0.2, 0.25) is 0 Å². The summed E-state index contributed by atoms with van der Waals surface area (Å²) in [4.78, 5) is 25.1. The summed E-state index contributed by atoms with van der Waals surface area (Å²) in [5.41, 5.74) is 7.88. The van der Waals surface area contributed by atoms with Crippen LogP contribution in [0.3, 0.4) is 0 Å². The maximum absolute atomic E-state index is 12.4. The van der Waals surface area contributed by atoms with Crippen LogP contribution in [0, 0.1) is 5.92 Å². The van der Waals surface area contributed by atoms with E-state index in [9.17, 15) is 9.59 Å². The van der Waals surface area contributed by atoms with Crippen LogP contribution in [0.4, 0.5) is 5.69 Å². The number of carboxylic acid groups (broad SMARTS) is 1. The molecule has 0 saturated heterocycles. The van der Waals surface area contributed by atoms with Crippen LogP contribution in [0.25, 0.3) is 0 Å². The van der Waals surface area contributed by atoms with Crippen molar-refractivity contribution in [2.24, 2.45) is 11.7 Å². The molecule has 2 atom stereocenters. The molecule has 5 nitrogen and oxygen atoms in total. The third-order valence-corrected chi connectivity index (χ3v) is 4.04. The fourth-order valence-corrected chi connectivity index (χ4v) is 2.42. The molecular formula is C15H20N2O3. The Hall–Kier alpha value is -1.88. The molecule has 0 fully saturated rings. The van der Waals surface area contributed by atoms with Gasteiger partial charge in [-0.25, -0.2) is 4.79 Å². The Morgan fingerprint density at radius 1 is 1.45 bits per heavy atom. The van der Waals surface area contributed by atoms with Crippen molar-refractivity contribution in [2.75, 3.05) is 11.4 Å². The van der Waals surface area contributed by atoms with Crippen molar-refractivity contribution < 1.29 is 14.7 Å². The lowest BCUT2D eigenvalue weighted by Gasteiger charge is -2.25. The fourth-order valence-electron chi connectivity index (χ4n) is 2.42. The maximum atomic E-state index is 12.4. The predicted molar refractivity (Wildman–Crippen MR) is 76.9 cm³/mol. The Kier molecular flexibility index (Phi) is 4.09. The van der Waals surface area contributed by atoms with Crippen molar-refractivity contribution in [1.29, 1.82) is 0 Å². The number of hydrogen-bond acceptors (Lipinski definition) is 3. The van der Waals surface area contributed by atoms with Crippen LogP contribution in [0.5, 0.6) is 0 Å². The first-order chi connectivity index (χ1) is 9.45. The summed E-state index contributed by atoms with van der Waals surface area (Å²) in [5, 5.41) is 9.05. The van der Waals surface area contributed by atoms with E-state index in [1.165, 1.54) is 0 Å². The summed E-state index contributed by atoms with van der Waals surface area (Å²) in [7, 11) is 0. The molecule has 1 aromatic rings. The summed E-state index contributed by atoms with van der Waals surface area (Å²) >= 11 is 0. The van der Waals surface area contributed by atoms with Gasteiger partial charge in [-0.05, 0) is 30.0 Å². The molecule has 3 N–H and O–H groups in total. The minimum atomic E-state index is -0.988. The Morgan fingerprint density at radius 2 is 2.15 bits per heavy atom. The average Bonchev–Trinajstić information content (AvgIpc) is 2.87. The van der Waals surface area contributed by atoms with E-state index >= 15 is 0 Å². The molecule has 108 valence electrons. The van der Waals surface area contributed by atoms with E-state index in [0.29, 0.717) is 12.2 Å². The monoisotopic (exact) mass is 276 g/mol. The van der Waals surface area contributed by atoms with Crippen molar-refractivity contribution in [3.05, 3.63) is 29.3 Å². The van der Waals surface area contributed by atoms with Crippen molar-refractivity contribution in [1.82, 2.24) is 0 Å². The van der Waals surface area contributed by atoms with Gasteiger partial charge in [0.25, 0.3) is 0 Å². The summed E-state index contributed by atoms with van der Waals surface area (Å²) in [6.07, 6.45) is 1.58. The second-order valence-electron chi connectivity index (χ2n) is 5.30. The third-order valence-electron chi connectivity index (χ3n) is 4.04. The molecule has 0 unspecified atom stereocenters. The molecule has 1 aromatic carbocycles. The molecule has 0 radical (unpaired) electrons. The molecular weight excluding hydrogens is 256 g/mol. The Bertz CT molecular complexity index is 542. The minimum Gasteiger partial charge on any atom is -0.478 e. The summed E-state index contributed by atoms with van der Waals surface area (Å²) in [6.45, 7) is 4.52. The molecule has 2 rings (SSSR count). The lowest BCUT2D eigenvalue weighted by Crippen LogP contribution is -2.46. The highest BCUT2D eigenvalue weighted by Gasteiger charge is 2.30. The number of nitrogens with two attached hydrogens (primary N) is 1. The maximum Gasteiger partial charge on any atom is 0.335 e. The van der Waals surface area contributed by atoms with Crippen molar-refractivity contribution >= 4 is 17.6 Å². The van der Waals surface area contributed by atoms with Gasteiger partial charge in [-0.1, -0.05) is 26.3 Å². The topological polar surface area (TPSA) is 83.6 Å². The number of rotatable bonds is 4. The van der Waals surface area contributed by atoms with Gasteiger partial charge >= 0.3 is 5.97 Å². The highest BCUT2D eigenvalue weighted by molar-refractivity contribution is 6.00. The Morgan fingerprint density at radius 3 is 2.75 bits per heavy atom. The largest absolute Gasteiger partial charge is 0.478 e. The molecule has 0 aliphatic carbocycles. The highest BCUT2D eigenvalue weighted by atomic mass is 16.4. The smallest absolute Gasteiger partial charge is 0.335 e. The Balaban J connectivity index is 2.28. The van der Waals surface area contributed by atoms with Crippen LogP contribution in [-0.4, -0.2) is 29.6 Å². The fraction of sp³-hybridized carbons (Fsp3) is 0.467. The van der Waals surface area contributed by atoms with Gasteiger partial charge in [0.2, 0.25) is 5.91 Å². The summed E-state index contributed by atoms with van der Waals surface area (Å²) < 4.78 is 0. The second-order valence-corrected chi connectivity index (χ2v) is 5.30. The lowest BCUT2D eigenvalue weighted by molar-refractivity contribution is -0.120. The average molecular weight is 276 g/mol. The summed E-state index contributed by atoms with van der Waals surface area (Å²) in [5.74, 6) is -1.01. The molecule has 0 saturated carbocycles. The van der Waals surface area contributed by atoms with Gasteiger partial charge in [0, 0.05) is 12.2 Å². The number of aromatic carboxylic acids is 1. The first-order valence-electron chi connectivity index (χ1n) is 6.88. The van der Waals surface area contributed by atoms with E-state index in [2.05, 4.69) is 0 Å². The van der Waals surface area contributed by atoms with Gasteiger partial charge in [-0.15, -0.1) is 0 Å². The molecule has 1 aliphatic heterocycles. The van der Waals surface area contributed by atoms with E-state index < -0.39 is 12.0 Å². The second kappa shape index (κ2) is 5.63. The number of carboxylic acids is 1. The number of anilines is 1. The van der Waals surface area contributed by atoms with Crippen molar-refractivity contribution in [3.63, 3.8) is 0 Å². The molecule has 1 amide bonds. The van der Waals surface area contributed by atoms with Gasteiger partial charge in [0.05, 0.1) is 11.6 Å². The number of hydrogen-bond donors (Lipinski definition) is 2. The highest BCUT2D eigenvalue weighted by Crippen LogP contribution is 2.30. The minimum absolute atomic E-state index is 0.106. The number of carbonyl (C=O) groups excluding carboxylic acids is 1. The van der Waals surface area contributed by atoms with Crippen LogP contribution in [0.15, 0.2) is 18.2 Å². The van der Waals surface area contributed by atoms with Crippen LogP contribution < -0.4 is 10.6 Å². The van der Waals surface area contributed by atoms with Crippen molar-refractivity contribution in [3.8, 4) is 0 Å². The van der Waals surface area contributed by atoms with Gasteiger partial charge in [0.1, 0.15) is 0 Å².